The highest BCUT2D eigenvalue weighted by Gasteiger charge is 2.36. The van der Waals surface area contributed by atoms with E-state index in [1.54, 1.807) is 24.0 Å². The Morgan fingerprint density at radius 3 is 1.97 bits per heavy atom. The number of amidine groups is 1. The van der Waals surface area contributed by atoms with Crippen molar-refractivity contribution in [1.82, 2.24) is 9.80 Å². The molecule has 1 aromatic carbocycles. The molecule has 1 aliphatic rings. The van der Waals surface area contributed by atoms with Crippen LogP contribution in [0, 0.1) is 11.3 Å². The van der Waals surface area contributed by atoms with Gasteiger partial charge in [-0.05, 0) is 35.3 Å². The molecule has 1 aliphatic heterocycles. The number of hydrogen-bond donors (Lipinski definition) is 2. The maximum absolute atomic E-state index is 13.4. The smallest absolute Gasteiger partial charge is 0.220 e. The predicted molar refractivity (Wildman–Crippen MR) is 149 cm³/mol. The van der Waals surface area contributed by atoms with Crippen LogP contribution in [-0.2, 0) is 15.6 Å². The third-order valence-electron chi connectivity index (χ3n) is 7.10. The number of carbonyl (C=O) groups is 2. The number of halogens is 1. The van der Waals surface area contributed by atoms with Gasteiger partial charge in [-0.2, -0.15) is 0 Å². The summed E-state index contributed by atoms with van der Waals surface area (Å²) in [5.41, 5.74) is 1.44. The number of carbonyl (C=O) groups excluding carboxylic acids is 2. The highest BCUT2D eigenvalue weighted by molar-refractivity contribution is 8.93. The minimum atomic E-state index is -0.317. The van der Waals surface area contributed by atoms with E-state index in [9.17, 15) is 14.7 Å². The molecule has 0 aliphatic carbocycles. The lowest BCUT2D eigenvalue weighted by molar-refractivity contribution is -0.130. The summed E-state index contributed by atoms with van der Waals surface area (Å²) in [4.78, 5) is 29.4. The van der Waals surface area contributed by atoms with Crippen LogP contribution in [0.4, 0.5) is 0 Å². The highest BCUT2D eigenvalue weighted by Crippen LogP contribution is 2.40. The second-order valence-electron chi connectivity index (χ2n) is 11.8. The van der Waals surface area contributed by atoms with Gasteiger partial charge >= 0.3 is 0 Å². The van der Waals surface area contributed by atoms with Gasteiger partial charge in [0, 0.05) is 36.7 Å². The van der Waals surface area contributed by atoms with Crippen LogP contribution in [0.2, 0.25) is 0 Å². The number of nitrogens with one attached hydrogen (secondary N) is 1. The van der Waals surface area contributed by atoms with E-state index >= 15 is 0 Å². The lowest BCUT2D eigenvalue weighted by Crippen LogP contribution is -2.46. The second kappa shape index (κ2) is 11.9. The molecular formula is C28H46BrN3O3. The monoisotopic (exact) mass is 551 g/mol. The van der Waals surface area contributed by atoms with Gasteiger partial charge in [0.25, 0.3) is 0 Å². The predicted octanol–water partition coefficient (Wildman–Crippen LogP) is 6.08. The van der Waals surface area contributed by atoms with Crippen LogP contribution in [0.5, 0.6) is 5.75 Å². The highest BCUT2D eigenvalue weighted by atomic mass is 79.9. The first-order valence-electron chi connectivity index (χ1n) is 12.6. The molecule has 1 heterocycles. The first kappa shape index (κ1) is 31.1. The molecule has 0 spiro atoms. The summed E-state index contributed by atoms with van der Waals surface area (Å²) in [6, 6.07) is 3.33. The van der Waals surface area contributed by atoms with Gasteiger partial charge in [0.2, 0.25) is 5.91 Å². The molecule has 1 amide bonds. The number of ketones is 1. The molecular weight excluding hydrogens is 506 g/mol. The van der Waals surface area contributed by atoms with Gasteiger partial charge in [-0.1, -0.05) is 68.2 Å². The van der Waals surface area contributed by atoms with Crippen molar-refractivity contribution in [2.24, 2.45) is 5.92 Å². The zero-order valence-corrected chi connectivity index (χ0v) is 24.8. The van der Waals surface area contributed by atoms with Gasteiger partial charge in [0.05, 0.1) is 12.6 Å². The Morgan fingerprint density at radius 1 is 1.09 bits per heavy atom. The number of nitrogens with zero attached hydrogens (tertiary/aromatic N) is 2. The maximum atomic E-state index is 13.4. The molecule has 35 heavy (non-hydrogen) atoms. The number of hydrogen-bond acceptors (Lipinski definition) is 4. The van der Waals surface area contributed by atoms with Crippen molar-refractivity contribution in [2.75, 3.05) is 19.6 Å². The molecule has 1 aromatic rings. The Balaban J connectivity index is 0.00000612. The number of benzene rings is 1. The van der Waals surface area contributed by atoms with Crippen LogP contribution < -0.4 is 0 Å². The zero-order chi connectivity index (χ0) is 26.0. The van der Waals surface area contributed by atoms with Crippen LogP contribution in [0.25, 0.3) is 0 Å². The largest absolute Gasteiger partial charge is 0.507 e. The Kier molecular flexibility index (Phi) is 10.6. The Labute approximate surface area is 222 Å². The first-order valence-corrected chi connectivity index (χ1v) is 12.6. The van der Waals surface area contributed by atoms with E-state index in [-0.39, 0.29) is 57.8 Å². The number of aromatic hydroxyl groups is 1. The number of rotatable bonds is 8. The van der Waals surface area contributed by atoms with Gasteiger partial charge in [-0.15, -0.1) is 17.0 Å². The van der Waals surface area contributed by atoms with Gasteiger partial charge in [0.15, 0.2) is 5.78 Å². The van der Waals surface area contributed by atoms with E-state index in [0.717, 1.165) is 24.0 Å². The topological polar surface area (TPSA) is 84.7 Å². The lowest BCUT2D eigenvalue weighted by Gasteiger charge is -2.31. The van der Waals surface area contributed by atoms with Crippen LogP contribution >= 0.6 is 17.0 Å². The maximum Gasteiger partial charge on any atom is 0.220 e. The van der Waals surface area contributed by atoms with Crippen LogP contribution in [0.1, 0.15) is 103 Å². The normalized spacial score (nSPS) is 16.5. The van der Waals surface area contributed by atoms with Crippen LogP contribution in [0.3, 0.4) is 0 Å². The summed E-state index contributed by atoms with van der Waals surface area (Å²) in [5, 5.41) is 19.7. The molecule has 1 fully saturated rings. The lowest BCUT2D eigenvalue weighted by atomic mass is 9.78. The summed E-state index contributed by atoms with van der Waals surface area (Å²) >= 11 is 0. The fourth-order valence-corrected chi connectivity index (χ4v) is 4.72. The average Bonchev–Trinajstić information content (AvgIpc) is 3.07. The summed E-state index contributed by atoms with van der Waals surface area (Å²) in [5.74, 6) is 0.925. The zero-order valence-electron chi connectivity index (χ0n) is 23.1. The number of phenolic OH excluding ortho intramolecular Hbond substituents is 1. The van der Waals surface area contributed by atoms with E-state index in [2.05, 4.69) is 13.8 Å². The van der Waals surface area contributed by atoms with Gasteiger partial charge < -0.3 is 14.9 Å². The standard InChI is InChI=1S/C28H45N3O3.BrH/c1-10-19(11-2)16-31(18(3)32)23-12-13-30(26(23)29)17-24(33)20-14-21(27(4,5)6)25(34)22(15-20)28(7,8)9;/h14-15,19,23,29,34H,10-13,16-17H2,1-9H3;1H. The fraction of sp³-hybridized carbons (Fsp3) is 0.679. The summed E-state index contributed by atoms with van der Waals surface area (Å²) in [6.45, 7) is 19.3. The van der Waals surface area contributed by atoms with Crippen molar-refractivity contribution < 1.29 is 14.7 Å². The third-order valence-corrected chi connectivity index (χ3v) is 7.10. The fourth-order valence-electron chi connectivity index (χ4n) is 4.72. The van der Waals surface area contributed by atoms with Crippen molar-refractivity contribution in [3.63, 3.8) is 0 Å². The van der Waals surface area contributed by atoms with Gasteiger partial charge in [-0.25, -0.2) is 0 Å². The molecule has 0 aromatic heterocycles. The Hall–Kier alpha value is -1.89. The van der Waals surface area contributed by atoms with Crippen molar-refractivity contribution >= 4 is 34.5 Å². The SMILES string of the molecule is Br.CCC(CC)CN(C(C)=O)C1CCN(CC(=O)c2cc(C(C)(C)C)c(O)c(C(C)(C)C)c2)C1=N. The van der Waals surface area contributed by atoms with Crippen molar-refractivity contribution in [3.8, 4) is 5.75 Å². The molecule has 2 rings (SSSR count). The molecule has 0 bridgehead atoms. The summed E-state index contributed by atoms with van der Waals surface area (Å²) in [6.07, 6.45) is 2.66. The molecule has 1 saturated heterocycles. The first-order chi connectivity index (χ1) is 15.6. The number of phenols is 1. The molecule has 198 valence electrons. The molecule has 1 atom stereocenters. The summed E-state index contributed by atoms with van der Waals surface area (Å²) < 4.78 is 0. The van der Waals surface area contributed by atoms with E-state index in [0.29, 0.717) is 36.8 Å². The Bertz CT molecular complexity index is 891. The molecule has 0 saturated carbocycles. The van der Waals surface area contributed by atoms with Crippen LogP contribution in [0.15, 0.2) is 12.1 Å². The Morgan fingerprint density at radius 2 is 1.57 bits per heavy atom. The molecule has 7 heteroatoms. The van der Waals surface area contributed by atoms with Crippen LogP contribution in [-0.4, -0.2) is 58.1 Å². The second-order valence-corrected chi connectivity index (χ2v) is 11.8. The number of amides is 1. The minimum absolute atomic E-state index is 0. The number of likely N-dealkylation sites (tertiary alicyclic amines) is 1. The van der Waals surface area contributed by atoms with E-state index in [4.69, 9.17) is 5.41 Å². The summed E-state index contributed by atoms with van der Waals surface area (Å²) in [7, 11) is 0. The molecule has 2 N–H and O–H groups in total. The van der Waals surface area contributed by atoms with Gasteiger partial charge in [0.1, 0.15) is 11.6 Å². The van der Waals surface area contributed by atoms with Crippen molar-refractivity contribution in [3.05, 3.63) is 28.8 Å². The van der Waals surface area contributed by atoms with Gasteiger partial charge in [-0.3, -0.25) is 15.0 Å². The third kappa shape index (κ3) is 7.31. The van der Waals surface area contributed by atoms with E-state index in [1.807, 2.05) is 46.4 Å². The molecule has 1 unspecified atom stereocenters. The average molecular weight is 553 g/mol. The van der Waals surface area contributed by atoms with E-state index in [1.165, 1.54) is 0 Å². The molecule has 6 nitrogen and oxygen atoms in total. The quantitative estimate of drug-likeness (QED) is 0.383. The van der Waals surface area contributed by atoms with Crippen molar-refractivity contribution in [1.29, 1.82) is 5.41 Å². The van der Waals surface area contributed by atoms with E-state index < -0.39 is 0 Å². The number of Topliss-reactive ketones (excluding diaryl/α,β-unsaturated/α-hetero) is 1. The minimum Gasteiger partial charge on any atom is -0.507 e. The van der Waals surface area contributed by atoms with Crippen molar-refractivity contribution in [2.45, 2.75) is 98.4 Å². The molecule has 0 radical (unpaired) electrons.